The third-order valence-corrected chi connectivity index (χ3v) is 1.42. The molecular weight excluding hydrogens is 246 g/mol. The van der Waals surface area contributed by atoms with Crippen LogP contribution in [0, 0.1) is 10.1 Å². The predicted octanol–water partition coefficient (Wildman–Crippen LogP) is -3.63. The van der Waals surface area contributed by atoms with Crippen LogP contribution < -0.4 is 0 Å². The Morgan fingerprint density at radius 1 is 1.18 bits per heavy atom. The first-order valence-corrected chi connectivity index (χ1v) is 3.88. The normalized spacial score (nSPS) is 16.7. The van der Waals surface area contributed by atoms with Crippen molar-refractivity contribution in [2.75, 3.05) is 0 Å². The van der Waals surface area contributed by atoms with Gasteiger partial charge in [-0.05, 0) is 0 Å². The highest BCUT2D eigenvalue weighted by Gasteiger charge is 2.33. The van der Waals surface area contributed by atoms with Gasteiger partial charge in [0.1, 0.15) is 18.3 Å². The van der Waals surface area contributed by atoms with Crippen molar-refractivity contribution in [2.45, 2.75) is 24.4 Å². The van der Waals surface area contributed by atoms with Gasteiger partial charge in [-0.1, -0.05) is 0 Å². The fraction of sp³-hybridized carbons (Fsp3) is 0.667. The summed E-state index contributed by atoms with van der Waals surface area (Å²) in [5.41, 5.74) is 0. The average Bonchev–Trinajstić information content (AvgIpc) is 2.23. The number of aldehydes is 1. The Kier molecular flexibility index (Phi) is 8.63. The number of aliphatic carboxylic acids is 1. The van der Waals surface area contributed by atoms with Crippen LogP contribution in [0.1, 0.15) is 0 Å². The van der Waals surface area contributed by atoms with Crippen LogP contribution in [0.2, 0.25) is 0 Å². The molecule has 11 heteroatoms. The highest BCUT2D eigenvalue weighted by molar-refractivity contribution is 5.73. The van der Waals surface area contributed by atoms with E-state index in [2.05, 4.69) is 0 Å². The van der Waals surface area contributed by atoms with Crippen molar-refractivity contribution in [1.82, 2.24) is 0 Å². The van der Waals surface area contributed by atoms with E-state index in [1.54, 1.807) is 0 Å². The van der Waals surface area contributed by atoms with E-state index in [0.717, 1.165) is 0 Å². The summed E-state index contributed by atoms with van der Waals surface area (Å²) in [6, 6.07) is 0. The van der Waals surface area contributed by atoms with E-state index in [1.807, 2.05) is 0 Å². The molecule has 0 aromatic carbocycles. The molecule has 11 nitrogen and oxygen atoms in total. The number of carbonyl (C=O) groups excluding carboxylic acids is 1. The summed E-state index contributed by atoms with van der Waals surface area (Å²) in [5, 5.41) is 56.8. The molecule has 100 valence electrons. The molecule has 4 unspecified atom stereocenters. The Hall–Kier alpha value is -1.82. The molecule has 4 atom stereocenters. The molecule has 0 radical (unpaired) electrons. The van der Waals surface area contributed by atoms with Gasteiger partial charge >= 0.3 is 5.97 Å². The number of nitrogens with zero attached hydrogens (tertiary/aromatic N) is 1. The quantitative estimate of drug-likeness (QED) is 0.162. The van der Waals surface area contributed by atoms with Crippen molar-refractivity contribution in [3.8, 4) is 0 Å². The predicted molar refractivity (Wildman–Crippen MR) is 46.5 cm³/mol. The van der Waals surface area contributed by atoms with Crippen molar-refractivity contribution in [3.63, 3.8) is 0 Å². The molecule has 0 amide bonds. The maximum atomic E-state index is 10.1. The van der Waals surface area contributed by atoms with Crippen molar-refractivity contribution in [1.29, 1.82) is 0 Å². The highest BCUT2D eigenvalue weighted by Crippen LogP contribution is 2.03. The monoisotopic (exact) mass is 257 g/mol. The van der Waals surface area contributed by atoms with Crippen LogP contribution in [0.5, 0.6) is 0 Å². The molecule has 0 fully saturated rings. The molecule has 0 saturated carbocycles. The molecule has 0 aliphatic heterocycles. The number of carboxylic acid groups (broad SMARTS) is 1. The van der Waals surface area contributed by atoms with Crippen LogP contribution in [0.4, 0.5) is 0 Å². The maximum Gasteiger partial charge on any atom is 0.335 e. The zero-order valence-corrected chi connectivity index (χ0v) is 8.15. The first kappa shape index (κ1) is 17.6. The van der Waals surface area contributed by atoms with Crippen LogP contribution >= 0.6 is 0 Å². The van der Waals surface area contributed by atoms with Crippen molar-refractivity contribution >= 4 is 12.3 Å². The van der Waals surface area contributed by atoms with Gasteiger partial charge in [0.2, 0.25) is 0 Å². The second-order valence-electron chi connectivity index (χ2n) is 2.63. The molecule has 0 aliphatic carbocycles. The Bertz CT molecular complexity index is 264. The van der Waals surface area contributed by atoms with Crippen molar-refractivity contribution in [2.24, 2.45) is 0 Å². The largest absolute Gasteiger partial charge is 0.479 e. The fourth-order valence-electron chi connectivity index (χ4n) is 0.615. The van der Waals surface area contributed by atoms with Crippen LogP contribution in [-0.2, 0) is 9.59 Å². The minimum Gasteiger partial charge on any atom is -0.479 e. The van der Waals surface area contributed by atoms with Gasteiger partial charge in [0.05, 0.1) is 0 Å². The Balaban J connectivity index is 0. The second-order valence-corrected chi connectivity index (χ2v) is 2.63. The third kappa shape index (κ3) is 8.04. The van der Waals surface area contributed by atoms with Crippen LogP contribution in [-0.4, -0.2) is 72.5 Å². The Morgan fingerprint density at radius 2 is 1.53 bits per heavy atom. The Morgan fingerprint density at radius 3 is 1.76 bits per heavy atom. The molecule has 0 rings (SSSR count). The van der Waals surface area contributed by atoms with Crippen LogP contribution in [0.3, 0.4) is 0 Å². The zero-order chi connectivity index (χ0) is 14.2. The minimum absolute atomic E-state index is 0.0809. The van der Waals surface area contributed by atoms with E-state index in [0.29, 0.717) is 0 Å². The third-order valence-electron chi connectivity index (χ3n) is 1.42. The van der Waals surface area contributed by atoms with Gasteiger partial charge in [0.15, 0.2) is 12.4 Å². The van der Waals surface area contributed by atoms with Crippen molar-refractivity contribution < 1.29 is 45.4 Å². The molecule has 0 saturated heterocycles. The SMILES string of the molecule is O=CC(O)C(O)C(O)C(O)C(=O)O.O=[N+]([O-])O. The van der Waals surface area contributed by atoms with Gasteiger partial charge in [-0.2, -0.15) is 0 Å². The van der Waals surface area contributed by atoms with E-state index in [1.165, 1.54) is 0 Å². The first-order chi connectivity index (χ1) is 7.64. The number of carbonyl (C=O) groups is 2. The van der Waals surface area contributed by atoms with E-state index >= 15 is 0 Å². The summed E-state index contributed by atoms with van der Waals surface area (Å²) in [4.78, 5) is 28.3. The lowest BCUT2D eigenvalue weighted by Crippen LogP contribution is -2.48. The standard InChI is InChI=1S/C6H10O7.HNO3/c7-1-2(8)3(9)4(10)5(11)6(12)13;2-1(3)4/h1-5,8-11H,(H,12,13);(H,2,3,4). The number of hydrogen-bond acceptors (Lipinski definition) is 8. The minimum atomic E-state index is -2.25. The smallest absolute Gasteiger partial charge is 0.335 e. The summed E-state index contributed by atoms with van der Waals surface area (Å²) >= 11 is 0. The summed E-state index contributed by atoms with van der Waals surface area (Å²) in [7, 11) is 0. The molecule has 0 spiro atoms. The van der Waals surface area contributed by atoms with Gasteiger partial charge in [-0.25, -0.2) is 4.79 Å². The first-order valence-electron chi connectivity index (χ1n) is 3.88. The van der Waals surface area contributed by atoms with Gasteiger partial charge < -0.3 is 35.5 Å². The highest BCUT2D eigenvalue weighted by atomic mass is 16.9. The number of hydrogen-bond donors (Lipinski definition) is 6. The van der Waals surface area contributed by atoms with E-state index in [-0.39, 0.29) is 6.29 Å². The van der Waals surface area contributed by atoms with E-state index in [4.69, 9.17) is 40.9 Å². The molecule has 0 heterocycles. The van der Waals surface area contributed by atoms with Crippen LogP contribution in [0.15, 0.2) is 0 Å². The topological polar surface area (TPSA) is 199 Å². The molecule has 0 aromatic rings. The van der Waals surface area contributed by atoms with Gasteiger partial charge in [-0.15, -0.1) is 10.1 Å². The lowest BCUT2D eigenvalue weighted by atomic mass is 10.0. The summed E-state index contributed by atoms with van der Waals surface area (Å²) in [6.07, 6.45) is -8.39. The van der Waals surface area contributed by atoms with Crippen molar-refractivity contribution in [3.05, 3.63) is 10.1 Å². The van der Waals surface area contributed by atoms with E-state index in [9.17, 15) is 9.59 Å². The molecule has 17 heavy (non-hydrogen) atoms. The lowest BCUT2D eigenvalue weighted by molar-refractivity contribution is -0.742. The summed E-state index contributed by atoms with van der Waals surface area (Å²) in [6.45, 7) is 0. The lowest BCUT2D eigenvalue weighted by Gasteiger charge is -2.21. The molecule has 6 N–H and O–H groups in total. The summed E-state index contributed by atoms with van der Waals surface area (Å²) < 4.78 is 0. The number of aliphatic hydroxyl groups is 4. The summed E-state index contributed by atoms with van der Waals surface area (Å²) in [5.74, 6) is -1.76. The molecule has 0 aromatic heterocycles. The van der Waals surface area contributed by atoms with Gasteiger partial charge in [0, 0.05) is 0 Å². The maximum absolute atomic E-state index is 10.1. The van der Waals surface area contributed by atoms with Gasteiger partial charge in [-0.3, -0.25) is 0 Å². The molecule has 0 aliphatic rings. The molecular formula is C6H11NO10. The molecule has 0 bridgehead atoms. The zero-order valence-electron chi connectivity index (χ0n) is 8.15. The van der Waals surface area contributed by atoms with Gasteiger partial charge in [0.25, 0.3) is 5.09 Å². The van der Waals surface area contributed by atoms with Crippen LogP contribution in [0.25, 0.3) is 0 Å². The Labute approximate surface area is 93.3 Å². The van der Waals surface area contributed by atoms with E-state index < -0.39 is 35.5 Å². The number of aliphatic hydroxyl groups excluding tert-OH is 4. The second kappa shape index (κ2) is 8.35. The average molecular weight is 257 g/mol. The fourth-order valence-corrected chi connectivity index (χ4v) is 0.615. The number of rotatable bonds is 5. The number of carboxylic acids is 1.